The van der Waals surface area contributed by atoms with E-state index in [4.69, 9.17) is 9.47 Å². The zero-order chi connectivity index (χ0) is 30.2. The van der Waals surface area contributed by atoms with Gasteiger partial charge in [0.25, 0.3) is 0 Å². The summed E-state index contributed by atoms with van der Waals surface area (Å²) in [6.07, 6.45) is 12.7. The molecule has 0 aliphatic carbocycles. The molecule has 4 atom stereocenters. The molecule has 238 valence electrons. The number of carbonyl (C=O) groups excluding carboxylic acids is 2. The molecule has 43 heavy (non-hydrogen) atoms. The van der Waals surface area contributed by atoms with Crippen molar-refractivity contribution < 1.29 is 19.1 Å². The quantitative estimate of drug-likeness (QED) is 0.136. The van der Waals surface area contributed by atoms with Gasteiger partial charge in [-0.1, -0.05) is 50.8 Å². The molecule has 0 aromatic heterocycles. The van der Waals surface area contributed by atoms with Gasteiger partial charge >= 0.3 is 5.97 Å². The van der Waals surface area contributed by atoms with E-state index in [0.717, 1.165) is 70.5 Å². The number of piperidine rings is 1. The Morgan fingerprint density at radius 3 is 2.56 bits per heavy atom. The smallest absolute Gasteiger partial charge is 0.337 e. The van der Waals surface area contributed by atoms with Gasteiger partial charge in [-0.2, -0.15) is 0 Å². The van der Waals surface area contributed by atoms with Crippen LogP contribution in [0.1, 0.15) is 76.7 Å². The van der Waals surface area contributed by atoms with E-state index in [0.29, 0.717) is 11.5 Å². The summed E-state index contributed by atoms with van der Waals surface area (Å²) < 4.78 is 10.5. The summed E-state index contributed by atoms with van der Waals surface area (Å²) in [4.78, 5) is 34.5. The molecule has 5 rings (SSSR count). The van der Waals surface area contributed by atoms with Crippen LogP contribution in [0, 0.1) is 11.8 Å². The molecular weight excluding hydrogens is 540 g/mol. The Morgan fingerprint density at radius 1 is 1.02 bits per heavy atom. The molecule has 2 unspecified atom stereocenters. The first-order chi connectivity index (χ1) is 21.0. The Bertz CT molecular complexity index is 1120. The lowest BCUT2D eigenvalue weighted by Crippen LogP contribution is -2.55. The standard InChI is InChI=1S/C35H54N4O4/c1-4-27-25-38-22-16-35(32(38)24-28(27)29(26-42-2)33(40)43-3)30-14-8-9-15-31(30)39(34(35)41)21-11-7-5-6-10-17-36-18-23-37-19-12-13-20-37/h8-9,14-15,26-28,32,36H,4-7,10-13,16-25H2,1-3H3/b29-26+/t27-,28?,32?,35+/m0/s1. The van der Waals surface area contributed by atoms with Gasteiger partial charge in [-0.15, -0.1) is 0 Å². The van der Waals surface area contributed by atoms with Gasteiger partial charge in [-0.05, 0) is 88.2 Å². The molecule has 1 amide bonds. The van der Waals surface area contributed by atoms with E-state index in [2.05, 4.69) is 51.2 Å². The van der Waals surface area contributed by atoms with Crippen LogP contribution in [0.5, 0.6) is 0 Å². The van der Waals surface area contributed by atoms with Gasteiger partial charge in [-0.3, -0.25) is 9.69 Å². The second-order valence-electron chi connectivity index (χ2n) is 13.1. The molecule has 8 heteroatoms. The van der Waals surface area contributed by atoms with Gasteiger partial charge < -0.3 is 24.6 Å². The van der Waals surface area contributed by atoms with Crippen LogP contribution >= 0.6 is 0 Å². The van der Waals surface area contributed by atoms with Gasteiger partial charge in [0.15, 0.2) is 0 Å². The predicted molar refractivity (Wildman–Crippen MR) is 171 cm³/mol. The lowest BCUT2D eigenvalue weighted by Gasteiger charge is -2.45. The van der Waals surface area contributed by atoms with Crippen molar-refractivity contribution in [1.29, 1.82) is 0 Å². The van der Waals surface area contributed by atoms with E-state index in [-0.39, 0.29) is 23.8 Å². The molecule has 8 nitrogen and oxygen atoms in total. The van der Waals surface area contributed by atoms with Crippen LogP contribution in [-0.2, 0) is 24.5 Å². The van der Waals surface area contributed by atoms with Gasteiger partial charge in [-0.25, -0.2) is 4.79 Å². The summed E-state index contributed by atoms with van der Waals surface area (Å²) in [5, 5.41) is 3.61. The van der Waals surface area contributed by atoms with Crippen molar-refractivity contribution in [3.63, 3.8) is 0 Å². The van der Waals surface area contributed by atoms with Crippen LogP contribution in [0.4, 0.5) is 5.69 Å². The number of anilines is 1. The number of benzene rings is 1. The molecule has 4 heterocycles. The first-order valence-electron chi connectivity index (χ1n) is 16.9. The second-order valence-corrected chi connectivity index (χ2v) is 13.1. The molecule has 0 radical (unpaired) electrons. The van der Waals surface area contributed by atoms with Gasteiger partial charge in [0.1, 0.15) is 0 Å². The summed E-state index contributed by atoms with van der Waals surface area (Å²) in [6, 6.07) is 8.52. The number of fused-ring (bicyclic) bond motifs is 4. The van der Waals surface area contributed by atoms with Crippen LogP contribution in [0.25, 0.3) is 0 Å². The fraction of sp³-hybridized carbons (Fsp3) is 0.714. The number of likely N-dealkylation sites (tertiary alicyclic amines) is 1. The highest BCUT2D eigenvalue weighted by molar-refractivity contribution is 6.09. The number of amides is 1. The lowest BCUT2D eigenvalue weighted by molar-refractivity contribution is -0.137. The monoisotopic (exact) mass is 594 g/mol. The van der Waals surface area contributed by atoms with Crippen molar-refractivity contribution in [2.75, 3.05) is 71.5 Å². The fourth-order valence-electron chi connectivity index (χ4n) is 8.47. The highest BCUT2D eigenvalue weighted by atomic mass is 16.5. The van der Waals surface area contributed by atoms with E-state index >= 15 is 0 Å². The van der Waals surface area contributed by atoms with Gasteiger partial charge in [0.2, 0.25) is 5.91 Å². The number of esters is 1. The van der Waals surface area contributed by atoms with E-state index in [1.54, 1.807) is 13.4 Å². The largest absolute Gasteiger partial charge is 0.504 e. The molecule has 1 aromatic rings. The number of unbranched alkanes of at least 4 members (excludes halogenated alkanes) is 4. The van der Waals surface area contributed by atoms with Crippen LogP contribution in [0.2, 0.25) is 0 Å². The molecule has 4 aliphatic rings. The third-order valence-corrected chi connectivity index (χ3v) is 10.7. The highest BCUT2D eigenvalue weighted by Crippen LogP contribution is 2.55. The average molecular weight is 595 g/mol. The number of rotatable bonds is 15. The zero-order valence-corrected chi connectivity index (χ0v) is 26.8. The molecule has 0 saturated carbocycles. The van der Waals surface area contributed by atoms with Crippen LogP contribution < -0.4 is 10.2 Å². The summed E-state index contributed by atoms with van der Waals surface area (Å²) in [5.74, 6) is 0.239. The second kappa shape index (κ2) is 15.0. The lowest BCUT2D eigenvalue weighted by atomic mass is 9.67. The topological polar surface area (TPSA) is 74.4 Å². The first-order valence-corrected chi connectivity index (χ1v) is 16.9. The molecule has 0 bridgehead atoms. The van der Waals surface area contributed by atoms with Crippen molar-refractivity contribution in [1.82, 2.24) is 15.1 Å². The molecule has 4 aliphatic heterocycles. The normalized spacial score (nSPS) is 27.6. The number of para-hydroxylation sites is 1. The fourth-order valence-corrected chi connectivity index (χ4v) is 8.47. The number of hydrogen-bond acceptors (Lipinski definition) is 7. The molecular formula is C35H54N4O4. The van der Waals surface area contributed by atoms with Gasteiger partial charge in [0.05, 0.1) is 31.5 Å². The van der Waals surface area contributed by atoms with Crippen molar-refractivity contribution in [2.45, 2.75) is 82.6 Å². The number of methoxy groups -OCH3 is 2. The Hall–Kier alpha value is -2.42. The molecule has 1 N–H and O–H groups in total. The SMILES string of the molecule is CC[C@H]1CN2CC[C@]3(C(=O)N(CCCCCCCNCCN4CCCC4)c4ccccc43)C2CC1/C(=C\OC)C(=O)OC. The van der Waals surface area contributed by atoms with Crippen molar-refractivity contribution in [2.24, 2.45) is 11.8 Å². The summed E-state index contributed by atoms with van der Waals surface area (Å²) in [7, 11) is 3.01. The van der Waals surface area contributed by atoms with E-state index in [1.165, 1.54) is 64.4 Å². The number of nitrogens with one attached hydrogen (secondary N) is 1. The minimum Gasteiger partial charge on any atom is -0.504 e. The average Bonchev–Trinajstić information content (AvgIpc) is 3.75. The minimum absolute atomic E-state index is 0.00246. The highest BCUT2D eigenvalue weighted by Gasteiger charge is 2.62. The number of nitrogens with zero attached hydrogens (tertiary/aromatic N) is 3. The van der Waals surface area contributed by atoms with Crippen LogP contribution in [-0.4, -0.2) is 94.3 Å². The summed E-state index contributed by atoms with van der Waals surface area (Å²) in [5.41, 5.74) is 2.31. The Balaban J connectivity index is 1.18. The molecule has 3 fully saturated rings. The van der Waals surface area contributed by atoms with Gasteiger partial charge in [0, 0.05) is 37.9 Å². The number of ether oxygens (including phenoxy) is 2. The number of hydrogen-bond donors (Lipinski definition) is 1. The summed E-state index contributed by atoms with van der Waals surface area (Å²) >= 11 is 0. The van der Waals surface area contributed by atoms with E-state index in [9.17, 15) is 9.59 Å². The third-order valence-electron chi connectivity index (χ3n) is 10.7. The van der Waals surface area contributed by atoms with Crippen molar-refractivity contribution in [3.8, 4) is 0 Å². The summed E-state index contributed by atoms with van der Waals surface area (Å²) in [6.45, 7) is 10.7. The minimum atomic E-state index is -0.553. The molecule has 3 saturated heterocycles. The van der Waals surface area contributed by atoms with E-state index in [1.807, 2.05) is 0 Å². The van der Waals surface area contributed by atoms with Crippen molar-refractivity contribution in [3.05, 3.63) is 41.7 Å². The van der Waals surface area contributed by atoms with Crippen LogP contribution in [0.3, 0.4) is 0 Å². The predicted octanol–water partition coefficient (Wildman–Crippen LogP) is 4.73. The Kier molecular flexibility index (Phi) is 11.2. The van der Waals surface area contributed by atoms with E-state index < -0.39 is 5.41 Å². The maximum Gasteiger partial charge on any atom is 0.337 e. The van der Waals surface area contributed by atoms with Crippen molar-refractivity contribution >= 4 is 17.6 Å². The molecule has 1 aromatic carbocycles. The first kappa shape index (κ1) is 32.0. The maximum atomic E-state index is 14.5. The van der Waals surface area contributed by atoms with Crippen LogP contribution in [0.15, 0.2) is 36.1 Å². The Labute approximate surface area is 259 Å². The Morgan fingerprint density at radius 2 is 1.79 bits per heavy atom. The third kappa shape index (κ3) is 6.66. The maximum absolute atomic E-state index is 14.5. The zero-order valence-electron chi connectivity index (χ0n) is 26.8. The molecule has 1 spiro atoms. The number of carbonyl (C=O) groups is 2.